The standard InChI is InChI=1S/C21H13F6N3O2/c22-20(23,24)16-9-15(10-17(11-16)21(25,26)27)19(32)30-29-18(31)14-3-1-12(2-4-14)13-5-7-28-8-6-13/h1-11H,(H,29,31)(H,30,32). The Balaban J connectivity index is 1.73. The van der Waals surface area contributed by atoms with Crippen LogP contribution in [0, 0.1) is 0 Å². The summed E-state index contributed by atoms with van der Waals surface area (Å²) in [6, 6.07) is 10.0. The number of benzene rings is 2. The minimum Gasteiger partial charge on any atom is -0.267 e. The number of pyridine rings is 1. The van der Waals surface area contributed by atoms with E-state index in [0.29, 0.717) is 0 Å². The van der Waals surface area contributed by atoms with Crippen molar-refractivity contribution in [2.24, 2.45) is 0 Å². The maximum atomic E-state index is 12.9. The molecule has 166 valence electrons. The lowest BCUT2D eigenvalue weighted by Crippen LogP contribution is -2.41. The van der Waals surface area contributed by atoms with Crippen LogP contribution in [0.3, 0.4) is 0 Å². The van der Waals surface area contributed by atoms with Gasteiger partial charge in [0, 0.05) is 23.5 Å². The first-order chi connectivity index (χ1) is 14.9. The summed E-state index contributed by atoms with van der Waals surface area (Å²) < 4.78 is 77.5. The average Bonchev–Trinajstić information content (AvgIpc) is 2.76. The Hall–Kier alpha value is -3.89. The SMILES string of the molecule is O=C(NNC(=O)c1cc(C(F)(F)F)cc(C(F)(F)F)c1)c1ccc(-c2ccncc2)cc1. The fourth-order valence-electron chi connectivity index (χ4n) is 2.70. The Morgan fingerprint density at radius 1 is 0.625 bits per heavy atom. The van der Waals surface area contributed by atoms with E-state index in [4.69, 9.17) is 0 Å². The zero-order valence-electron chi connectivity index (χ0n) is 15.9. The van der Waals surface area contributed by atoms with Gasteiger partial charge in [-0.05, 0) is 53.6 Å². The van der Waals surface area contributed by atoms with E-state index in [-0.39, 0.29) is 23.8 Å². The van der Waals surface area contributed by atoms with E-state index >= 15 is 0 Å². The van der Waals surface area contributed by atoms with E-state index in [1.165, 1.54) is 12.1 Å². The molecular weight excluding hydrogens is 440 g/mol. The number of hydrazine groups is 1. The van der Waals surface area contributed by atoms with Crippen molar-refractivity contribution in [3.05, 3.63) is 89.2 Å². The highest BCUT2D eigenvalue weighted by Gasteiger charge is 2.37. The molecular formula is C21H13F6N3O2. The van der Waals surface area contributed by atoms with Crippen molar-refractivity contribution in [3.8, 4) is 11.1 Å². The lowest BCUT2D eigenvalue weighted by Gasteiger charge is -2.14. The Morgan fingerprint density at radius 2 is 1.06 bits per heavy atom. The summed E-state index contributed by atoms with van der Waals surface area (Å²) in [6.45, 7) is 0. The number of hydrogen-bond donors (Lipinski definition) is 2. The van der Waals surface area contributed by atoms with E-state index in [0.717, 1.165) is 11.1 Å². The highest BCUT2D eigenvalue weighted by molar-refractivity contribution is 5.99. The largest absolute Gasteiger partial charge is 0.416 e. The zero-order valence-corrected chi connectivity index (χ0v) is 15.9. The quantitative estimate of drug-likeness (QED) is 0.440. The molecule has 0 saturated heterocycles. The van der Waals surface area contributed by atoms with E-state index in [1.807, 2.05) is 10.9 Å². The molecule has 0 aliphatic rings. The number of hydrogen-bond acceptors (Lipinski definition) is 3. The molecule has 0 unspecified atom stereocenters. The zero-order chi connectivity index (χ0) is 23.5. The van der Waals surface area contributed by atoms with Crippen LogP contribution in [0.1, 0.15) is 31.8 Å². The van der Waals surface area contributed by atoms with E-state index in [1.54, 1.807) is 36.7 Å². The van der Waals surface area contributed by atoms with Gasteiger partial charge in [-0.25, -0.2) is 0 Å². The van der Waals surface area contributed by atoms with Crippen molar-refractivity contribution in [2.75, 3.05) is 0 Å². The molecule has 0 radical (unpaired) electrons. The van der Waals surface area contributed by atoms with Crippen molar-refractivity contribution in [1.29, 1.82) is 0 Å². The lowest BCUT2D eigenvalue weighted by molar-refractivity contribution is -0.143. The predicted molar refractivity (Wildman–Crippen MR) is 101 cm³/mol. The van der Waals surface area contributed by atoms with Crippen LogP contribution < -0.4 is 10.9 Å². The number of carbonyl (C=O) groups excluding carboxylic acids is 2. The highest BCUT2D eigenvalue weighted by atomic mass is 19.4. The number of nitrogens with zero attached hydrogens (tertiary/aromatic N) is 1. The fourth-order valence-corrected chi connectivity index (χ4v) is 2.70. The molecule has 3 rings (SSSR count). The fraction of sp³-hybridized carbons (Fsp3) is 0.0952. The molecule has 11 heteroatoms. The second kappa shape index (κ2) is 8.69. The second-order valence-corrected chi connectivity index (χ2v) is 6.52. The molecule has 5 nitrogen and oxygen atoms in total. The molecule has 0 aliphatic heterocycles. The third-order valence-electron chi connectivity index (χ3n) is 4.30. The summed E-state index contributed by atoms with van der Waals surface area (Å²) in [5, 5.41) is 0. The summed E-state index contributed by atoms with van der Waals surface area (Å²) in [5.74, 6) is -2.16. The van der Waals surface area contributed by atoms with Crippen LogP contribution >= 0.6 is 0 Å². The molecule has 0 bridgehead atoms. The lowest BCUT2D eigenvalue weighted by atomic mass is 10.0. The maximum absolute atomic E-state index is 12.9. The number of aromatic nitrogens is 1. The second-order valence-electron chi connectivity index (χ2n) is 6.52. The average molecular weight is 453 g/mol. The first-order valence-corrected chi connectivity index (χ1v) is 8.86. The molecule has 32 heavy (non-hydrogen) atoms. The summed E-state index contributed by atoms with van der Waals surface area (Å²) >= 11 is 0. The number of alkyl halides is 6. The van der Waals surface area contributed by atoms with Gasteiger partial charge in [0.1, 0.15) is 0 Å². The van der Waals surface area contributed by atoms with Gasteiger partial charge in [0.25, 0.3) is 11.8 Å². The molecule has 2 aromatic carbocycles. The minimum absolute atomic E-state index is 0.0975. The monoisotopic (exact) mass is 453 g/mol. The smallest absolute Gasteiger partial charge is 0.267 e. The van der Waals surface area contributed by atoms with Gasteiger partial charge in [0.15, 0.2) is 0 Å². The van der Waals surface area contributed by atoms with Crippen molar-refractivity contribution < 1.29 is 35.9 Å². The maximum Gasteiger partial charge on any atom is 0.416 e. The van der Waals surface area contributed by atoms with Crippen molar-refractivity contribution >= 4 is 11.8 Å². The third-order valence-corrected chi connectivity index (χ3v) is 4.30. The van der Waals surface area contributed by atoms with E-state index < -0.39 is 40.9 Å². The Kier molecular flexibility index (Phi) is 6.19. The molecule has 3 aromatic rings. The van der Waals surface area contributed by atoms with Crippen LogP contribution in [0.2, 0.25) is 0 Å². The minimum atomic E-state index is -5.10. The molecule has 0 saturated carbocycles. The topological polar surface area (TPSA) is 71.1 Å². The van der Waals surface area contributed by atoms with Gasteiger partial charge < -0.3 is 0 Å². The molecule has 1 aromatic heterocycles. The summed E-state index contributed by atoms with van der Waals surface area (Å²) in [7, 11) is 0. The summed E-state index contributed by atoms with van der Waals surface area (Å²) in [6.07, 6.45) is -7.03. The van der Waals surface area contributed by atoms with Crippen LogP contribution in [0.4, 0.5) is 26.3 Å². The van der Waals surface area contributed by atoms with Gasteiger partial charge in [0.2, 0.25) is 0 Å². The van der Waals surface area contributed by atoms with E-state index in [2.05, 4.69) is 4.98 Å². The van der Waals surface area contributed by atoms with Crippen molar-refractivity contribution in [3.63, 3.8) is 0 Å². The van der Waals surface area contributed by atoms with Gasteiger partial charge in [-0.1, -0.05) is 12.1 Å². The van der Waals surface area contributed by atoms with Crippen LogP contribution in [-0.4, -0.2) is 16.8 Å². The van der Waals surface area contributed by atoms with Gasteiger partial charge in [-0.3, -0.25) is 25.4 Å². The Morgan fingerprint density at radius 3 is 1.53 bits per heavy atom. The van der Waals surface area contributed by atoms with Crippen LogP contribution in [0.25, 0.3) is 11.1 Å². The Labute approximate surface area is 177 Å². The molecule has 2 amide bonds. The number of rotatable bonds is 3. The van der Waals surface area contributed by atoms with Gasteiger partial charge in [0.05, 0.1) is 11.1 Å². The van der Waals surface area contributed by atoms with Crippen LogP contribution in [0.5, 0.6) is 0 Å². The Bertz CT molecular complexity index is 1090. The van der Waals surface area contributed by atoms with E-state index in [9.17, 15) is 35.9 Å². The van der Waals surface area contributed by atoms with Crippen molar-refractivity contribution in [2.45, 2.75) is 12.4 Å². The third kappa shape index (κ3) is 5.42. The molecule has 1 heterocycles. The van der Waals surface area contributed by atoms with Crippen LogP contribution in [0.15, 0.2) is 67.0 Å². The number of carbonyl (C=O) groups is 2. The van der Waals surface area contributed by atoms with Gasteiger partial charge in [-0.15, -0.1) is 0 Å². The molecule has 2 N–H and O–H groups in total. The summed E-state index contributed by atoms with van der Waals surface area (Å²) in [4.78, 5) is 28.2. The molecule has 0 aliphatic carbocycles. The highest BCUT2D eigenvalue weighted by Crippen LogP contribution is 2.36. The number of nitrogens with one attached hydrogen (secondary N) is 2. The first kappa shape index (κ1) is 22.8. The van der Waals surface area contributed by atoms with Gasteiger partial charge in [-0.2, -0.15) is 26.3 Å². The van der Waals surface area contributed by atoms with Crippen LogP contribution in [-0.2, 0) is 12.4 Å². The van der Waals surface area contributed by atoms with Crippen molar-refractivity contribution in [1.82, 2.24) is 15.8 Å². The van der Waals surface area contributed by atoms with Gasteiger partial charge >= 0.3 is 12.4 Å². The molecule has 0 spiro atoms. The molecule has 0 fully saturated rings. The molecule has 0 atom stereocenters. The normalized spacial score (nSPS) is 11.7. The number of amides is 2. The summed E-state index contributed by atoms with van der Waals surface area (Å²) in [5.41, 5.74) is 1.29. The number of halogens is 6. The first-order valence-electron chi connectivity index (χ1n) is 8.86. The predicted octanol–water partition coefficient (Wildman–Crippen LogP) is 4.86.